The van der Waals surface area contributed by atoms with Crippen molar-refractivity contribution in [2.75, 3.05) is 31.1 Å². The van der Waals surface area contributed by atoms with Crippen LogP contribution >= 0.6 is 0 Å². The number of alkyl halides is 3. The number of piperazine rings is 1. The average molecular weight is 387 g/mol. The minimum atomic E-state index is -4.82. The van der Waals surface area contributed by atoms with E-state index in [9.17, 15) is 21.6 Å². The number of nitrogens with zero attached hydrogens (tertiary/aromatic N) is 3. The predicted octanol–water partition coefficient (Wildman–Crippen LogP) is 2.49. The number of benzene rings is 1. The van der Waals surface area contributed by atoms with E-state index in [2.05, 4.69) is 9.72 Å². The highest BCUT2D eigenvalue weighted by molar-refractivity contribution is 7.89. The SMILES string of the molecule is O=S(=O)(c1ccc(OC(F)(F)F)cc1)N1CCN(c2ccccn2)CC1. The Morgan fingerprint density at radius 1 is 0.962 bits per heavy atom. The van der Waals surface area contributed by atoms with Crippen molar-refractivity contribution in [1.29, 1.82) is 0 Å². The molecule has 1 aromatic heterocycles. The zero-order valence-corrected chi connectivity index (χ0v) is 14.4. The summed E-state index contributed by atoms with van der Waals surface area (Å²) in [7, 11) is -3.78. The predicted molar refractivity (Wildman–Crippen MR) is 88.3 cm³/mol. The normalized spacial score (nSPS) is 16.5. The molecule has 0 radical (unpaired) electrons. The summed E-state index contributed by atoms with van der Waals surface area (Å²) in [6.45, 7) is 1.48. The summed E-state index contributed by atoms with van der Waals surface area (Å²) in [5.41, 5.74) is 0. The maximum atomic E-state index is 12.7. The standard InChI is InChI=1S/C16H16F3N3O3S/c17-16(18,19)25-13-4-6-14(7-5-13)26(23,24)22-11-9-21(10-12-22)15-3-1-2-8-20-15/h1-8H,9-12H2. The fourth-order valence-electron chi connectivity index (χ4n) is 2.66. The molecule has 3 rings (SSSR count). The molecule has 0 atom stereocenters. The van der Waals surface area contributed by atoms with Gasteiger partial charge in [0.1, 0.15) is 11.6 Å². The number of sulfonamides is 1. The fourth-order valence-corrected chi connectivity index (χ4v) is 4.08. The largest absolute Gasteiger partial charge is 0.573 e. The molecular formula is C16H16F3N3O3S. The first kappa shape index (κ1) is 18.5. The van der Waals surface area contributed by atoms with E-state index in [1.165, 1.54) is 4.31 Å². The van der Waals surface area contributed by atoms with Gasteiger partial charge in [0.15, 0.2) is 0 Å². The van der Waals surface area contributed by atoms with Crippen molar-refractivity contribution in [3.63, 3.8) is 0 Å². The molecular weight excluding hydrogens is 371 g/mol. The van der Waals surface area contributed by atoms with Crippen LogP contribution in [0.15, 0.2) is 53.6 Å². The van der Waals surface area contributed by atoms with Gasteiger partial charge in [-0.25, -0.2) is 13.4 Å². The topological polar surface area (TPSA) is 62.7 Å². The van der Waals surface area contributed by atoms with Gasteiger partial charge in [0.2, 0.25) is 10.0 Å². The Balaban J connectivity index is 1.67. The molecule has 6 nitrogen and oxygen atoms in total. The lowest BCUT2D eigenvalue weighted by molar-refractivity contribution is -0.274. The zero-order valence-electron chi connectivity index (χ0n) is 13.6. The van der Waals surface area contributed by atoms with E-state index in [-0.39, 0.29) is 18.0 Å². The van der Waals surface area contributed by atoms with E-state index in [0.29, 0.717) is 13.1 Å². The highest BCUT2D eigenvalue weighted by Crippen LogP contribution is 2.25. The number of hydrogen-bond donors (Lipinski definition) is 0. The molecule has 2 aromatic rings. The van der Waals surface area contributed by atoms with Crippen LogP contribution in [0.25, 0.3) is 0 Å². The van der Waals surface area contributed by atoms with Gasteiger partial charge in [-0.15, -0.1) is 13.2 Å². The van der Waals surface area contributed by atoms with Crippen LogP contribution in [-0.2, 0) is 10.0 Å². The highest BCUT2D eigenvalue weighted by Gasteiger charge is 2.32. The van der Waals surface area contributed by atoms with Crippen LogP contribution in [0, 0.1) is 0 Å². The molecule has 0 unspecified atom stereocenters. The van der Waals surface area contributed by atoms with E-state index in [1.807, 2.05) is 17.0 Å². The first-order valence-electron chi connectivity index (χ1n) is 7.78. The Labute approximate surface area is 148 Å². The van der Waals surface area contributed by atoms with Crippen LogP contribution in [0.4, 0.5) is 19.0 Å². The first-order valence-corrected chi connectivity index (χ1v) is 9.22. The lowest BCUT2D eigenvalue weighted by Gasteiger charge is -2.34. The summed E-state index contributed by atoms with van der Waals surface area (Å²) < 4.78 is 66.9. The molecule has 1 aliphatic rings. The molecule has 1 saturated heterocycles. The van der Waals surface area contributed by atoms with Gasteiger partial charge in [-0.3, -0.25) is 0 Å². The van der Waals surface area contributed by atoms with Gasteiger partial charge in [-0.1, -0.05) is 6.07 Å². The highest BCUT2D eigenvalue weighted by atomic mass is 32.2. The molecule has 0 bridgehead atoms. The van der Waals surface area contributed by atoms with E-state index in [4.69, 9.17) is 0 Å². The molecule has 1 aliphatic heterocycles. The van der Waals surface area contributed by atoms with Gasteiger partial charge in [-0.05, 0) is 36.4 Å². The van der Waals surface area contributed by atoms with Crippen molar-refractivity contribution in [2.24, 2.45) is 0 Å². The summed E-state index contributed by atoms with van der Waals surface area (Å²) in [5.74, 6) is 0.314. The van der Waals surface area contributed by atoms with E-state index in [0.717, 1.165) is 30.1 Å². The summed E-state index contributed by atoms with van der Waals surface area (Å²) >= 11 is 0. The molecule has 1 fully saturated rings. The minimum absolute atomic E-state index is 0.0710. The molecule has 10 heteroatoms. The number of pyridine rings is 1. The van der Waals surface area contributed by atoms with Gasteiger partial charge < -0.3 is 9.64 Å². The third kappa shape index (κ3) is 4.25. The Morgan fingerprint density at radius 3 is 2.15 bits per heavy atom. The minimum Gasteiger partial charge on any atom is -0.406 e. The van der Waals surface area contributed by atoms with Crippen LogP contribution < -0.4 is 9.64 Å². The second-order valence-corrected chi connectivity index (χ2v) is 7.54. The van der Waals surface area contributed by atoms with Gasteiger partial charge >= 0.3 is 6.36 Å². The number of rotatable bonds is 4. The van der Waals surface area contributed by atoms with Crippen LogP contribution in [-0.4, -0.2) is 50.2 Å². The second kappa shape index (κ2) is 7.12. The number of halogens is 3. The lowest BCUT2D eigenvalue weighted by Crippen LogP contribution is -2.48. The second-order valence-electron chi connectivity index (χ2n) is 5.60. The third-order valence-corrected chi connectivity index (χ3v) is 5.82. The Morgan fingerprint density at radius 2 is 1.62 bits per heavy atom. The van der Waals surface area contributed by atoms with E-state index >= 15 is 0 Å². The molecule has 2 heterocycles. The van der Waals surface area contributed by atoms with Crippen molar-refractivity contribution in [2.45, 2.75) is 11.3 Å². The molecule has 26 heavy (non-hydrogen) atoms. The maximum Gasteiger partial charge on any atom is 0.573 e. The number of aromatic nitrogens is 1. The third-order valence-electron chi connectivity index (χ3n) is 3.91. The molecule has 0 spiro atoms. The van der Waals surface area contributed by atoms with Crippen molar-refractivity contribution in [1.82, 2.24) is 9.29 Å². The van der Waals surface area contributed by atoms with Crippen LogP contribution in [0.2, 0.25) is 0 Å². The number of anilines is 1. The summed E-state index contributed by atoms with van der Waals surface area (Å²) in [6, 6.07) is 9.72. The maximum absolute atomic E-state index is 12.7. The summed E-state index contributed by atoms with van der Waals surface area (Å²) in [4.78, 5) is 6.15. The number of hydrogen-bond acceptors (Lipinski definition) is 5. The Kier molecular flexibility index (Phi) is 5.05. The van der Waals surface area contributed by atoms with E-state index in [1.54, 1.807) is 12.3 Å². The van der Waals surface area contributed by atoms with Crippen molar-refractivity contribution in [3.05, 3.63) is 48.7 Å². The molecule has 0 N–H and O–H groups in total. The number of ether oxygens (including phenoxy) is 1. The molecule has 0 amide bonds. The van der Waals surface area contributed by atoms with Gasteiger partial charge in [0.25, 0.3) is 0 Å². The Hall–Kier alpha value is -2.33. The lowest BCUT2D eigenvalue weighted by atomic mass is 10.3. The van der Waals surface area contributed by atoms with Gasteiger partial charge in [0.05, 0.1) is 4.90 Å². The van der Waals surface area contributed by atoms with Crippen LogP contribution in [0.1, 0.15) is 0 Å². The quantitative estimate of drug-likeness (QED) is 0.807. The van der Waals surface area contributed by atoms with Gasteiger partial charge in [-0.2, -0.15) is 4.31 Å². The van der Waals surface area contributed by atoms with Gasteiger partial charge in [0, 0.05) is 32.4 Å². The summed E-state index contributed by atoms with van der Waals surface area (Å²) in [5, 5.41) is 0. The zero-order chi connectivity index (χ0) is 18.8. The Bertz CT molecular complexity index is 835. The van der Waals surface area contributed by atoms with Crippen molar-refractivity contribution >= 4 is 15.8 Å². The molecule has 1 aromatic carbocycles. The molecule has 0 aliphatic carbocycles. The molecule has 0 saturated carbocycles. The van der Waals surface area contributed by atoms with E-state index < -0.39 is 22.1 Å². The smallest absolute Gasteiger partial charge is 0.406 e. The van der Waals surface area contributed by atoms with Crippen molar-refractivity contribution < 1.29 is 26.3 Å². The van der Waals surface area contributed by atoms with Crippen molar-refractivity contribution in [3.8, 4) is 5.75 Å². The van der Waals surface area contributed by atoms with Crippen LogP contribution in [0.5, 0.6) is 5.75 Å². The fraction of sp³-hybridized carbons (Fsp3) is 0.312. The van der Waals surface area contributed by atoms with Crippen LogP contribution in [0.3, 0.4) is 0 Å². The average Bonchev–Trinajstić information content (AvgIpc) is 2.62. The molecule has 140 valence electrons. The monoisotopic (exact) mass is 387 g/mol. The summed E-state index contributed by atoms with van der Waals surface area (Å²) in [6.07, 6.45) is -3.15. The first-order chi connectivity index (χ1) is 12.3.